The van der Waals surface area contributed by atoms with Gasteiger partial charge < -0.3 is 7.59 Å². The molecule has 21 heavy (non-hydrogen) atoms. The predicted octanol–water partition coefficient (Wildman–Crippen LogP) is -0.935. The van der Waals surface area contributed by atoms with Crippen molar-refractivity contribution in [3.05, 3.63) is 0 Å². The smallest absolute Gasteiger partial charge is 1.00 e. The fraction of sp³-hybridized carbons (Fsp3) is 0.857. The van der Waals surface area contributed by atoms with Gasteiger partial charge in [-0.15, -0.1) is 12.4 Å². The Bertz CT molecular complexity index is 268. The minimum Gasteiger partial charge on any atom is -1.00 e. The fourth-order valence-corrected chi connectivity index (χ4v) is 2.18. The average Bonchev–Trinajstić information content (AvgIpc) is 2.34. The number of esters is 2. The van der Waals surface area contributed by atoms with E-state index >= 15 is 0 Å². The molecule has 0 amide bonds. The van der Waals surface area contributed by atoms with Crippen molar-refractivity contribution in [1.82, 2.24) is 0 Å². The second-order valence-corrected chi connectivity index (χ2v) is 6.07. The van der Waals surface area contributed by atoms with Crippen LogP contribution in [0.5, 0.6) is 0 Å². The van der Waals surface area contributed by atoms with Crippen LogP contribution in [0.1, 0.15) is 74.5 Å². The van der Waals surface area contributed by atoms with Gasteiger partial charge in [-0.2, -0.15) is 0 Å². The number of carbonyl (C=O) groups is 2. The Morgan fingerprint density at radius 1 is 1.05 bits per heavy atom. The van der Waals surface area contributed by atoms with Crippen LogP contribution >= 0.6 is 35.0 Å². The molecular weight excluding hydrogens is 441 g/mol. The first-order valence-electron chi connectivity index (χ1n) is 7.00. The van der Waals surface area contributed by atoms with Gasteiger partial charge in [-0.05, 0) is 12.8 Å². The Morgan fingerprint density at radius 3 is 2.10 bits per heavy atom. The molecule has 0 bridgehead atoms. The number of halogens is 2. The zero-order valence-electron chi connectivity index (χ0n) is 16.0. The van der Waals surface area contributed by atoms with Gasteiger partial charge >= 0.3 is 92.9 Å². The Labute approximate surface area is 217 Å². The zero-order valence-corrected chi connectivity index (χ0v) is 22.0. The molecule has 7 heteroatoms. The van der Waals surface area contributed by atoms with Crippen LogP contribution in [0.15, 0.2) is 0 Å². The molecule has 0 heterocycles. The van der Waals surface area contributed by atoms with Crippen LogP contribution in [0.4, 0.5) is 0 Å². The summed E-state index contributed by atoms with van der Waals surface area (Å²) in [6.07, 6.45) is 8.57. The predicted molar refractivity (Wildman–Crippen MR) is 91.3 cm³/mol. The minimum atomic E-state index is -0.368. The molecule has 0 saturated carbocycles. The molecule has 0 fully saturated rings. The first-order valence-corrected chi connectivity index (χ1v) is 8.25. The monoisotopic (exact) mass is 468 g/mol. The summed E-state index contributed by atoms with van der Waals surface area (Å²) in [5.74, 6) is -0.736. The largest absolute Gasteiger partial charge is 1.00 e. The molecular formula is C14H28ClIKNaO3. The van der Waals surface area contributed by atoms with Crippen molar-refractivity contribution in [2.75, 3.05) is 0 Å². The topological polar surface area (TPSA) is 43.4 Å². The van der Waals surface area contributed by atoms with Crippen molar-refractivity contribution in [2.24, 2.45) is 0 Å². The SMILES string of the molecule is CCCCCCC(=O)OC(=O)C(I)CCCCC.Cl.[H-].[H-].[K+].[Na+]. The van der Waals surface area contributed by atoms with Gasteiger partial charge in [-0.25, -0.2) is 0 Å². The van der Waals surface area contributed by atoms with Gasteiger partial charge in [0, 0.05) is 6.42 Å². The number of hydrogen-bond acceptors (Lipinski definition) is 3. The van der Waals surface area contributed by atoms with Crippen LogP contribution in [-0.4, -0.2) is 15.9 Å². The maximum absolute atomic E-state index is 11.6. The molecule has 0 aliphatic carbocycles. The van der Waals surface area contributed by atoms with Gasteiger partial charge in [-0.1, -0.05) is 75.0 Å². The molecule has 3 nitrogen and oxygen atoms in total. The van der Waals surface area contributed by atoms with Crippen molar-refractivity contribution >= 4 is 46.9 Å². The maximum atomic E-state index is 11.6. The molecule has 118 valence electrons. The third kappa shape index (κ3) is 20.8. The summed E-state index contributed by atoms with van der Waals surface area (Å²) in [7, 11) is 0. The second-order valence-electron chi connectivity index (χ2n) is 4.57. The summed E-state index contributed by atoms with van der Waals surface area (Å²) in [6.45, 7) is 4.25. The van der Waals surface area contributed by atoms with E-state index in [0.29, 0.717) is 6.42 Å². The van der Waals surface area contributed by atoms with E-state index in [-0.39, 0.29) is 112 Å². The molecule has 1 atom stereocenters. The van der Waals surface area contributed by atoms with Crippen LogP contribution in [0.2, 0.25) is 0 Å². The van der Waals surface area contributed by atoms with Crippen molar-refractivity contribution in [3.63, 3.8) is 0 Å². The van der Waals surface area contributed by atoms with E-state index in [9.17, 15) is 9.59 Å². The number of ether oxygens (including phenoxy) is 1. The van der Waals surface area contributed by atoms with Crippen LogP contribution in [0.3, 0.4) is 0 Å². The van der Waals surface area contributed by atoms with Gasteiger partial charge in [0.2, 0.25) is 0 Å². The molecule has 0 aromatic rings. The molecule has 0 aromatic heterocycles. The fourth-order valence-electron chi connectivity index (χ4n) is 1.61. The molecule has 0 radical (unpaired) electrons. The Morgan fingerprint density at radius 2 is 1.57 bits per heavy atom. The molecule has 0 spiro atoms. The summed E-state index contributed by atoms with van der Waals surface area (Å²) in [5.41, 5.74) is 0. The summed E-state index contributed by atoms with van der Waals surface area (Å²) in [5, 5.41) is 0. The molecule has 0 aromatic carbocycles. The normalized spacial score (nSPS) is 10.4. The molecule has 0 aliphatic heterocycles. The second kappa shape index (κ2) is 22.8. The summed E-state index contributed by atoms with van der Waals surface area (Å²) in [4.78, 5) is 23.0. The van der Waals surface area contributed by atoms with Gasteiger partial charge in [0.1, 0.15) is 3.92 Å². The number of alkyl halides is 1. The Hall–Kier alpha value is 2.80. The van der Waals surface area contributed by atoms with E-state index in [1.807, 2.05) is 0 Å². The standard InChI is InChI=1S/C14H25IO3.ClH.K.Na.2H/c1-3-5-7-9-11-13(16)18-14(17)12(15)10-8-6-4-2;;;;;/h12H,3-11H2,1-2H3;1H;;;;/q;;2*+1;2*-1. The van der Waals surface area contributed by atoms with E-state index in [1.165, 1.54) is 0 Å². The van der Waals surface area contributed by atoms with E-state index in [0.717, 1.165) is 51.4 Å². The summed E-state index contributed by atoms with van der Waals surface area (Å²) < 4.78 is 4.65. The van der Waals surface area contributed by atoms with Crippen molar-refractivity contribution in [1.29, 1.82) is 0 Å². The first-order chi connectivity index (χ1) is 8.61. The number of carbonyl (C=O) groups excluding carboxylic acids is 2. The average molecular weight is 469 g/mol. The van der Waals surface area contributed by atoms with Crippen LogP contribution in [0, 0.1) is 0 Å². The van der Waals surface area contributed by atoms with Gasteiger partial charge in [0.05, 0.1) is 0 Å². The van der Waals surface area contributed by atoms with E-state index in [2.05, 4.69) is 36.4 Å². The van der Waals surface area contributed by atoms with Crippen molar-refractivity contribution in [3.8, 4) is 0 Å². The van der Waals surface area contributed by atoms with Crippen LogP contribution < -0.4 is 80.9 Å². The number of hydrogen-bond donors (Lipinski definition) is 0. The van der Waals surface area contributed by atoms with E-state index < -0.39 is 0 Å². The third-order valence-corrected chi connectivity index (χ3v) is 3.90. The van der Waals surface area contributed by atoms with Crippen molar-refractivity contribution in [2.45, 2.75) is 75.6 Å². The number of unbranched alkanes of at least 4 members (excludes halogenated alkanes) is 5. The van der Waals surface area contributed by atoms with Gasteiger partial charge in [0.15, 0.2) is 0 Å². The molecule has 1 unspecified atom stereocenters. The molecule has 0 aliphatic rings. The molecule has 0 N–H and O–H groups in total. The summed E-state index contributed by atoms with van der Waals surface area (Å²) in [6, 6.07) is 0. The van der Waals surface area contributed by atoms with Gasteiger partial charge in [-0.3, -0.25) is 9.59 Å². The van der Waals surface area contributed by atoms with Crippen LogP contribution in [-0.2, 0) is 14.3 Å². The quantitative estimate of drug-likeness (QED) is 0.104. The maximum Gasteiger partial charge on any atom is 1.00 e. The zero-order chi connectivity index (χ0) is 13.8. The van der Waals surface area contributed by atoms with Crippen molar-refractivity contribution < 1.29 is 98.1 Å². The van der Waals surface area contributed by atoms with Gasteiger partial charge in [0.25, 0.3) is 0 Å². The Kier molecular flexibility index (Phi) is 34.3. The molecule has 0 saturated heterocycles. The third-order valence-electron chi connectivity index (χ3n) is 2.77. The number of rotatable bonds is 10. The first kappa shape index (κ1) is 31.6. The van der Waals surface area contributed by atoms with E-state index in [4.69, 9.17) is 4.74 Å². The summed E-state index contributed by atoms with van der Waals surface area (Å²) >= 11 is 2.06. The Balaban J connectivity index is -0.000000144. The molecule has 0 rings (SSSR count). The van der Waals surface area contributed by atoms with E-state index in [1.54, 1.807) is 0 Å². The van der Waals surface area contributed by atoms with Crippen LogP contribution in [0.25, 0.3) is 0 Å². The minimum absolute atomic E-state index is 0.